The summed E-state index contributed by atoms with van der Waals surface area (Å²) in [5.74, 6) is 0.671. The van der Waals surface area contributed by atoms with Gasteiger partial charge < -0.3 is 14.8 Å². The van der Waals surface area contributed by atoms with Gasteiger partial charge >= 0.3 is 0 Å². The van der Waals surface area contributed by atoms with E-state index in [1.807, 2.05) is 11.3 Å². The van der Waals surface area contributed by atoms with Crippen LogP contribution in [0, 0.1) is 12.8 Å². The van der Waals surface area contributed by atoms with Crippen LogP contribution in [0.15, 0.2) is 11.4 Å². The van der Waals surface area contributed by atoms with Gasteiger partial charge in [-0.05, 0) is 62.6 Å². The van der Waals surface area contributed by atoms with Gasteiger partial charge in [0.15, 0.2) is 0 Å². The molecule has 0 amide bonds. The topological polar surface area (TPSA) is 30.5 Å². The van der Waals surface area contributed by atoms with Crippen molar-refractivity contribution in [2.75, 3.05) is 26.9 Å². The molecule has 2 saturated heterocycles. The highest BCUT2D eigenvalue weighted by Gasteiger charge is 2.41. The molecular formula is C16H25NO2S. The third-order valence-electron chi connectivity index (χ3n) is 4.90. The molecule has 20 heavy (non-hydrogen) atoms. The van der Waals surface area contributed by atoms with E-state index in [1.165, 1.54) is 16.9 Å². The van der Waals surface area contributed by atoms with Crippen LogP contribution < -0.4 is 5.32 Å². The highest BCUT2D eigenvalue weighted by Crippen LogP contribution is 2.43. The van der Waals surface area contributed by atoms with Crippen molar-refractivity contribution in [1.29, 1.82) is 0 Å². The third-order valence-corrected chi connectivity index (χ3v) is 6.00. The highest BCUT2D eigenvalue weighted by atomic mass is 32.1. The van der Waals surface area contributed by atoms with Gasteiger partial charge in [0.05, 0.1) is 5.60 Å². The molecular weight excluding hydrogens is 270 g/mol. The number of hydrogen-bond acceptors (Lipinski definition) is 4. The van der Waals surface area contributed by atoms with Crippen molar-refractivity contribution in [3.8, 4) is 0 Å². The van der Waals surface area contributed by atoms with Gasteiger partial charge in [0.2, 0.25) is 0 Å². The Labute approximate surface area is 125 Å². The zero-order valence-electron chi connectivity index (χ0n) is 12.5. The molecule has 1 spiro atoms. The van der Waals surface area contributed by atoms with Crippen molar-refractivity contribution < 1.29 is 9.47 Å². The molecule has 2 aliphatic heterocycles. The van der Waals surface area contributed by atoms with E-state index >= 15 is 0 Å². The van der Waals surface area contributed by atoms with Crippen LogP contribution in [-0.2, 0) is 9.47 Å². The summed E-state index contributed by atoms with van der Waals surface area (Å²) in [4.78, 5) is 1.50. The zero-order chi connectivity index (χ0) is 14.0. The number of nitrogens with one attached hydrogen (secondary N) is 1. The zero-order valence-corrected chi connectivity index (χ0v) is 13.3. The van der Waals surface area contributed by atoms with Gasteiger partial charge in [-0.15, -0.1) is 11.3 Å². The van der Waals surface area contributed by atoms with Crippen LogP contribution >= 0.6 is 11.3 Å². The summed E-state index contributed by atoms with van der Waals surface area (Å²) in [7, 11) is 2.09. The normalized spacial score (nSPS) is 27.6. The maximum atomic E-state index is 6.17. The summed E-state index contributed by atoms with van der Waals surface area (Å²) in [6.07, 6.45) is 4.44. The van der Waals surface area contributed by atoms with Gasteiger partial charge in [-0.1, -0.05) is 0 Å². The molecule has 2 fully saturated rings. The summed E-state index contributed by atoms with van der Waals surface area (Å²) in [5.41, 5.74) is 1.50. The van der Waals surface area contributed by atoms with Gasteiger partial charge in [0.1, 0.15) is 0 Å². The molecule has 0 saturated carbocycles. The Balaban J connectivity index is 1.76. The van der Waals surface area contributed by atoms with Crippen molar-refractivity contribution in [3.05, 3.63) is 21.9 Å². The minimum absolute atomic E-state index is 0.0848. The Morgan fingerprint density at radius 2 is 2.15 bits per heavy atom. The minimum atomic E-state index is 0.0848. The molecule has 3 rings (SSSR count). The molecule has 1 aromatic rings. The Hall–Kier alpha value is -0.420. The van der Waals surface area contributed by atoms with Crippen molar-refractivity contribution >= 4 is 11.3 Å². The van der Waals surface area contributed by atoms with E-state index in [4.69, 9.17) is 9.47 Å². The van der Waals surface area contributed by atoms with Crippen LogP contribution in [0.5, 0.6) is 0 Å². The van der Waals surface area contributed by atoms with Crippen LogP contribution in [0.3, 0.4) is 0 Å². The number of ether oxygens (including phenoxy) is 2. The van der Waals surface area contributed by atoms with Gasteiger partial charge in [0.25, 0.3) is 0 Å². The number of hydrogen-bond donors (Lipinski definition) is 1. The van der Waals surface area contributed by atoms with Gasteiger partial charge in [0, 0.05) is 30.7 Å². The van der Waals surface area contributed by atoms with E-state index in [0.29, 0.717) is 12.0 Å². The lowest BCUT2D eigenvalue weighted by Gasteiger charge is -2.45. The second-order valence-electron chi connectivity index (χ2n) is 6.13. The summed E-state index contributed by atoms with van der Waals surface area (Å²) in [6.45, 7) is 4.83. The molecule has 0 radical (unpaired) electrons. The second kappa shape index (κ2) is 6.14. The molecule has 4 heteroatoms. The molecule has 3 nitrogen and oxygen atoms in total. The van der Waals surface area contributed by atoms with Gasteiger partial charge in [-0.3, -0.25) is 0 Å². The quantitative estimate of drug-likeness (QED) is 0.928. The van der Waals surface area contributed by atoms with Gasteiger partial charge in [-0.2, -0.15) is 0 Å². The summed E-state index contributed by atoms with van der Waals surface area (Å²) in [6, 6.07) is 2.70. The average molecular weight is 295 g/mol. The monoisotopic (exact) mass is 295 g/mol. The van der Waals surface area contributed by atoms with Crippen molar-refractivity contribution in [2.45, 2.75) is 44.2 Å². The number of aryl methyl sites for hydroxylation is 1. The fourth-order valence-corrected chi connectivity index (χ4v) is 4.86. The fourth-order valence-electron chi connectivity index (χ4n) is 3.73. The van der Waals surface area contributed by atoms with Crippen molar-refractivity contribution in [1.82, 2.24) is 5.32 Å². The predicted molar refractivity (Wildman–Crippen MR) is 82.3 cm³/mol. The summed E-state index contributed by atoms with van der Waals surface area (Å²) >= 11 is 1.88. The van der Waals surface area contributed by atoms with E-state index < -0.39 is 0 Å². The molecule has 2 aliphatic rings. The Kier molecular flexibility index (Phi) is 4.46. The predicted octanol–water partition coefficient (Wildman–Crippen LogP) is 3.29. The van der Waals surface area contributed by atoms with Crippen molar-refractivity contribution in [3.63, 3.8) is 0 Å². The van der Waals surface area contributed by atoms with Crippen LogP contribution in [-0.4, -0.2) is 32.5 Å². The first kappa shape index (κ1) is 14.5. The maximum absolute atomic E-state index is 6.17. The lowest BCUT2D eigenvalue weighted by Crippen LogP contribution is -2.46. The first-order chi connectivity index (χ1) is 9.74. The molecule has 3 heterocycles. The van der Waals surface area contributed by atoms with Crippen molar-refractivity contribution in [2.24, 2.45) is 5.92 Å². The fraction of sp³-hybridized carbons (Fsp3) is 0.750. The third kappa shape index (κ3) is 2.80. The molecule has 1 aromatic heterocycles. The van der Waals surface area contributed by atoms with Gasteiger partial charge in [-0.25, -0.2) is 0 Å². The standard InChI is InChI=1S/C16H25NO2S/c1-12-4-10-20-15(12)14(17-2)13-3-7-19-16(11-13)5-8-18-9-6-16/h4,10,13-14,17H,3,5-9,11H2,1-2H3. The van der Waals surface area contributed by atoms with E-state index in [1.54, 1.807) is 0 Å². The number of rotatable bonds is 3. The van der Waals surface area contributed by atoms with Crippen LogP contribution in [0.4, 0.5) is 0 Å². The Morgan fingerprint density at radius 3 is 2.80 bits per heavy atom. The average Bonchev–Trinajstić information content (AvgIpc) is 2.87. The molecule has 0 bridgehead atoms. The molecule has 0 aromatic carbocycles. The number of thiophene rings is 1. The minimum Gasteiger partial charge on any atom is -0.381 e. The maximum Gasteiger partial charge on any atom is 0.0729 e. The van der Waals surface area contributed by atoms with Crippen LogP contribution in [0.2, 0.25) is 0 Å². The van der Waals surface area contributed by atoms with E-state index in [0.717, 1.165) is 39.1 Å². The van der Waals surface area contributed by atoms with Crippen LogP contribution in [0.1, 0.15) is 42.2 Å². The van der Waals surface area contributed by atoms with E-state index in [-0.39, 0.29) is 5.60 Å². The summed E-state index contributed by atoms with van der Waals surface area (Å²) in [5, 5.41) is 5.77. The first-order valence-corrected chi connectivity index (χ1v) is 8.55. The largest absolute Gasteiger partial charge is 0.381 e. The second-order valence-corrected chi connectivity index (χ2v) is 7.08. The molecule has 0 aliphatic carbocycles. The molecule has 112 valence electrons. The van der Waals surface area contributed by atoms with Crippen LogP contribution in [0.25, 0.3) is 0 Å². The lowest BCUT2D eigenvalue weighted by atomic mass is 9.77. The van der Waals surface area contributed by atoms with E-state index in [9.17, 15) is 0 Å². The lowest BCUT2D eigenvalue weighted by molar-refractivity contribution is -0.150. The molecule has 1 N–H and O–H groups in total. The first-order valence-electron chi connectivity index (χ1n) is 7.67. The SMILES string of the molecule is CNC(c1sccc1C)C1CCOC2(CCOCC2)C1. The Bertz CT molecular complexity index is 434. The van der Waals surface area contributed by atoms with E-state index in [2.05, 4.69) is 30.7 Å². The summed E-state index contributed by atoms with van der Waals surface area (Å²) < 4.78 is 11.7. The molecule has 2 unspecified atom stereocenters. The smallest absolute Gasteiger partial charge is 0.0729 e. The molecule has 2 atom stereocenters. The Morgan fingerprint density at radius 1 is 1.35 bits per heavy atom. The highest BCUT2D eigenvalue weighted by molar-refractivity contribution is 7.10.